The lowest BCUT2D eigenvalue weighted by Gasteiger charge is -2.48. The summed E-state index contributed by atoms with van der Waals surface area (Å²) in [4.78, 5) is 2.88. The minimum absolute atomic E-state index is 0.743. The maximum atomic E-state index is 3.76. The summed E-state index contributed by atoms with van der Waals surface area (Å²) >= 11 is 0. The molecule has 1 heterocycles. The van der Waals surface area contributed by atoms with Crippen molar-refractivity contribution in [3.63, 3.8) is 0 Å². The van der Waals surface area contributed by atoms with Crippen LogP contribution in [0.4, 0.5) is 0 Å². The second kappa shape index (κ2) is 6.91. The van der Waals surface area contributed by atoms with Crippen molar-refractivity contribution in [1.82, 2.24) is 10.2 Å². The molecule has 1 aliphatic carbocycles. The first-order chi connectivity index (χ1) is 8.76. The van der Waals surface area contributed by atoms with Gasteiger partial charge in [-0.3, -0.25) is 4.90 Å². The number of nitrogens with one attached hydrogen (secondary N) is 1. The van der Waals surface area contributed by atoms with Crippen molar-refractivity contribution in [2.24, 2.45) is 5.92 Å². The van der Waals surface area contributed by atoms with Crippen LogP contribution in [0.5, 0.6) is 0 Å². The van der Waals surface area contributed by atoms with E-state index in [4.69, 9.17) is 0 Å². The fourth-order valence-corrected chi connectivity index (χ4v) is 4.00. The highest BCUT2D eigenvalue weighted by Crippen LogP contribution is 2.31. The summed E-state index contributed by atoms with van der Waals surface area (Å²) in [5, 5.41) is 3.76. The van der Waals surface area contributed by atoms with Gasteiger partial charge < -0.3 is 5.32 Å². The summed E-state index contributed by atoms with van der Waals surface area (Å²) in [6, 6.07) is 2.39. The van der Waals surface area contributed by atoms with E-state index in [1.54, 1.807) is 0 Å². The van der Waals surface area contributed by atoms with Gasteiger partial charge in [0.15, 0.2) is 0 Å². The largest absolute Gasteiger partial charge is 0.311 e. The van der Waals surface area contributed by atoms with E-state index >= 15 is 0 Å². The molecule has 2 fully saturated rings. The molecule has 0 spiro atoms. The topological polar surface area (TPSA) is 15.3 Å². The monoisotopic (exact) mass is 252 g/mol. The molecule has 1 aliphatic heterocycles. The van der Waals surface area contributed by atoms with Crippen molar-refractivity contribution in [3.05, 3.63) is 0 Å². The lowest BCUT2D eigenvalue weighted by atomic mass is 9.83. The van der Waals surface area contributed by atoms with Crippen molar-refractivity contribution in [2.45, 2.75) is 83.8 Å². The van der Waals surface area contributed by atoms with Crippen LogP contribution in [0.1, 0.15) is 65.7 Å². The maximum Gasteiger partial charge on any atom is 0.0221 e. The molecule has 1 saturated heterocycles. The Morgan fingerprint density at radius 1 is 1.17 bits per heavy atom. The molecule has 0 aromatic carbocycles. The van der Waals surface area contributed by atoms with E-state index in [0.717, 1.165) is 24.0 Å². The molecule has 0 aromatic rings. The van der Waals surface area contributed by atoms with Gasteiger partial charge in [-0.1, -0.05) is 40.0 Å². The highest BCUT2D eigenvalue weighted by molar-refractivity contribution is 4.92. The Hall–Kier alpha value is -0.0800. The van der Waals surface area contributed by atoms with Gasteiger partial charge in [0.25, 0.3) is 0 Å². The van der Waals surface area contributed by atoms with Gasteiger partial charge in [0, 0.05) is 31.2 Å². The van der Waals surface area contributed by atoms with Crippen LogP contribution in [0, 0.1) is 5.92 Å². The van der Waals surface area contributed by atoms with Crippen LogP contribution in [0.25, 0.3) is 0 Å². The fraction of sp³-hybridized carbons (Fsp3) is 1.00. The first kappa shape index (κ1) is 14.3. The number of hydrogen-bond donors (Lipinski definition) is 1. The molecule has 1 N–H and O–H groups in total. The van der Waals surface area contributed by atoms with Crippen molar-refractivity contribution in [3.8, 4) is 0 Å². The summed E-state index contributed by atoms with van der Waals surface area (Å²) in [5.41, 5.74) is 0. The Labute approximate surface area is 114 Å². The van der Waals surface area contributed by atoms with E-state index in [1.165, 1.54) is 58.0 Å². The number of rotatable bonds is 4. The minimum Gasteiger partial charge on any atom is -0.311 e. The third kappa shape index (κ3) is 3.27. The molecule has 4 unspecified atom stereocenters. The lowest BCUT2D eigenvalue weighted by Crippen LogP contribution is -2.60. The van der Waals surface area contributed by atoms with Gasteiger partial charge in [-0.05, 0) is 31.6 Å². The van der Waals surface area contributed by atoms with E-state index in [-0.39, 0.29) is 0 Å². The Morgan fingerprint density at radius 3 is 2.61 bits per heavy atom. The van der Waals surface area contributed by atoms with Crippen molar-refractivity contribution in [2.75, 3.05) is 13.1 Å². The number of hydrogen-bond acceptors (Lipinski definition) is 2. The van der Waals surface area contributed by atoms with Gasteiger partial charge in [-0.2, -0.15) is 0 Å². The van der Waals surface area contributed by atoms with Gasteiger partial charge in [0.2, 0.25) is 0 Å². The summed E-state index contributed by atoms with van der Waals surface area (Å²) in [5.74, 6) is 0.910. The molecule has 2 heteroatoms. The van der Waals surface area contributed by atoms with Crippen LogP contribution in [0.15, 0.2) is 0 Å². The van der Waals surface area contributed by atoms with Gasteiger partial charge >= 0.3 is 0 Å². The smallest absolute Gasteiger partial charge is 0.0221 e. The molecule has 0 aromatic heterocycles. The molecule has 106 valence electrons. The van der Waals surface area contributed by atoms with E-state index < -0.39 is 0 Å². The SMILES string of the molecule is CCCC1CN(C2CCCCC2C)C(CC)CN1. The first-order valence-corrected chi connectivity index (χ1v) is 8.25. The number of piperazine rings is 1. The molecule has 2 nitrogen and oxygen atoms in total. The third-order valence-electron chi connectivity index (χ3n) is 5.14. The zero-order valence-electron chi connectivity index (χ0n) is 12.6. The molecule has 0 radical (unpaired) electrons. The standard InChI is InChI=1S/C16H32N2/c1-4-8-14-12-18(15(5-2)11-17-14)16-10-7-6-9-13(16)3/h13-17H,4-12H2,1-3H3. The maximum absolute atomic E-state index is 3.76. The van der Waals surface area contributed by atoms with Crippen LogP contribution in [-0.2, 0) is 0 Å². The normalized spacial score (nSPS) is 38.8. The molecule has 0 amide bonds. The van der Waals surface area contributed by atoms with Crippen molar-refractivity contribution < 1.29 is 0 Å². The van der Waals surface area contributed by atoms with Crippen LogP contribution in [0.3, 0.4) is 0 Å². The van der Waals surface area contributed by atoms with Crippen molar-refractivity contribution >= 4 is 0 Å². The summed E-state index contributed by atoms with van der Waals surface area (Å²) in [6.07, 6.45) is 9.75. The quantitative estimate of drug-likeness (QED) is 0.825. The van der Waals surface area contributed by atoms with Gasteiger partial charge in [-0.15, -0.1) is 0 Å². The Balaban J connectivity index is 2.00. The Morgan fingerprint density at radius 2 is 1.94 bits per heavy atom. The van der Waals surface area contributed by atoms with E-state index in [0.29, 0.717) is 0 Å². The van der Waals surface area contributed by atoms with E-state index in [2.05, 4.69) is 31.0 Å². The molecule has 2 aliphatic rings. The Bertz CT molecular complexity index is 241. The Kier molecular flexibility index (Phi) is 5.50. The predicted octanol–water partition coefficient (Wildman–Crippen LogP) is 3.42. The van der Waals surface area contributed by atoms with Crippen molar-refractivity contribution in [1.29, 1.82) is 0 Å². The highest BCUT2D eigenvalue weighted by atomic mass is 15.3. The minimum atomic E-state index is 0.743. The second-order valence-electron chi connectivity index (χ2n) is 6.48. The fourth-order valence-electron chi connectivity index (χ4n) is 4.00. The molecule has 4 atom stereocenters. The van der Waals surface area contributed by atoms with E-state index in [1.807, 2.05) is 0 Å². The van der Waals surface area contributed by atoms with Gasteiger partial charge in [0.1, 0.15) is 0 Å². The molecule has 1 saturated carbocycles. The summed E-state index contributed by atoms with van der Waals surface area (Å²) in [7, 11) is 0. The lowest BCUT2D eigenvalue weighted by molar-refractivity contribution is 0.0321. The average Bonchev–Trinajstić information content (AvgIpc) is 2.40. The van der Waals surface area contributed by atoms with Gasteiger partial charge in [0.05, 0.1) is 0 Å². The van der Waals surface area contributed by atoms with E-state index in [9.17, 15) is 0 Å². The van der Waals surface area contributed by atoms with Crippen LogP contribution < -0.4 is 5.32 Å². The highest BCUT2D eigenvalue weighted by Gasteiger charge is 2.34. The molecular weight excluding hydrogens is 220 g/mol. The van der Waals surface area contributed by atoms with Crippen LogP contribution in [-0.4, -0.2) is 36.1 Å². The average molecular weight is 252 g/mol. The number of nitrogens with zero attached hydrogens (tertiary/aromatic N) is 1. The summed E-state index contributed by atoms with van der Waals surface area (Å²) in [6.45, 7) is 9.65. The summed E-state index contributed by atoms with van der Waals surface area (Å²) < 4.78 is 0. The zero-order chi connectivity index (χ0) is 13.0. The van der Waals surface area contributed by atoms with Gasteiger partial charge in [-0.25, -0.2) is 0 Å². The predicted molar refractivity (Wildman–Crippen MR) is 78.9 cm³/mol. The molecule has 0 bridgehead atoms. The van der Waals surface area contributed by atoms with Crippen LogP contribution in [0.2, 0.25) is 0 Å². The first-order valence-electron chi connectivity index (χ1n) is 8.25. The van der Waals surface area contributed by atoms with Crippen LogP contribution >= 0.6 is 0 Å². The molecule has 18 heavy (non-hydrogen) atoms. The zero-order valence-corrected chi connectivity index (χ0v) is 12.6. The molecule has 2 rings (SSSR count). The third-order valence-corrected chi connectivity index (χ3v) is 5.14. The molecular formula is C16H32N2. The second-order valence-corrected chi connectivity index (χ2v) is 6.48.